The molecule has 0 bridgehead atoms. The van der Waals surface area contributed by atoms with Crippen LogP contribution in [-0.2, 0) is 14.3 Å². The van der Waals surface area contributed by atoms with Gasteiger partial charge < -0.3 is 9.47 Å². The maximum absolute atomic E-state index is 13.2. The van der Waals surface area contributed by atoms with Crippen LogP contribution in [0.4, 0.5) is 0 Å². The summed E-state index contributed by atoms with van der Waals surface area (Å²) in [5.41, 5.74) is 2.90. The topological polar surface area (TPSA) is 65.0 Å². The second kappa shape index (κ2) is 7.53. The summed E-state index contributed by atoms with van der Waals surface area (Å²) < 4.78 is 10.9. The minimum absolute atomic E-state index is 0.0673. The Labute approximate surface area is 166 Å². The number of nitrogens with zero attached hydrogens (tertiary/aromatic N) is 1. The Kier molecular flexibility index (Phi) is 5.46. The summed E-state index contributed by atoms with van der Waals surface area (Å²) in [7, 11) is 1.61. The molecular formula is C23H29NO4. The fourth-order valence-electron chi connectivity index (χ4n) is 4.25. The maximum atomic E-state index is 13.2. The van der Waals surface area contributed by atoms with Crippen LogP contribution in [0.15, 0.2) is 40.5 Å². The molecule has 1 aliphatic heterocycles. The number of aliphatic imine (C=N–C) groups is 1. The molecule has 3 rings (SSSR count). The highest BCUT2D eigenvalue weighted by molar-refractivity contribution is 6.09. The normalized spacial score (nSPS) is 24.0. The molecule has 5 heteroatoms. The van der Waals surface area contributed by atoms with Gasteiger partial charge in [-0.05, 0) is 50.3 Å². The molecule has 0 fully saturated rings. The molecule has 0 saturated carbocycles. The number of ketones is 1. The third-order valence-corrected chi connectivity index (χ3v) is 5.36. The maximum Gasteiger partial charge on any atom is 0.315 e. The van der Waals surface area contributed by atoms with E-state index in [0.29, 0.717) is 23.5 Å². The van der Waals surface area contributed by atoms with E-state index < -0.39 is 11.8 Å². The summed E-state index contributed by atoms with van der Waals surface area (Å²) in [5, 5.41) is 0. The third-order valence-electron chi connectivity index (χ3n) is 5.36. The average molecular weight is 383 g/mol. The zero-order valence-corrected chi connectivity index (χ0v) is 17.5. The first-order valence-corrected chi connectivity index (χ1v) is 9.79. The SMILES string of the molecule is COc1cccc([C@@H]2C3=C(CC(C)(C)CC3=O)N=C(C)C2C(=O)OC(C)C)c1. The molecule has 0 amide bonds. The summed E-state index contributed by atoms with van der Waals surface area (Å²) in [6.07, 6.45) is 0.938. The van der Waals surface area contributed by atoms with Gasteiger partial charge in [-0.1, -0.05) is 26.0 Å². The van der Waals surface area contributed by atoms with Crippen molar-refractivity contribution in [1.82, 2.24) is 0 Å². The quantitative estimate of drug-likeness (QED) is 0.720. The molecule has 1 unspecified atom stereocenters. The average Bonchev–Trinajstić information content (AvgIpc) is 2.58. The molecule has 150 valence electrons. The molecule has 2 atom stereocenters. The van der Waals surface area contributed by atoms with Gasteiger partial charge >= 0.3 is 5.97 Å². The highest BCUT2D eigenvalue weighted by atomic mass is 16.5. The number of carbonyl (C=O) groups is 2. The van der Waals surface area contributed by atoms with Crippen molar-refractivity contribution in [2.24, 2.45) is 16.3 Å². The van der Waals surface area contributed by atoms with E-state index >= 15 is 0 Å². The first kappa shape index (κ1) is 20.3. The van der Waals surface area contributed by atoms with Crippen LogP contribution in [0.2, 0.25) is 0 Å². The van der Waals surface area contributed by atoms with E-state index in [0.717, 1.165) is 17.7 Å². The zero-order valence-electron chi connectivity index (χ0n) is 17.5. The number of hydrogen-bond donors (Lipinski definition) is 0. The van der Waals surface area contributed by atoms with Crippen LogP contribution in [0, 0.1) is 11.3 Å². The second-order valence-corrected chi connectivity index (χ2v) is 8.77. The van der Waals surface area contributed by atoms with E-state index in [1.807, 2.05) is 45.0 Å². The van der Waals surface area contributed by atoms with Gasteiger partial charge in [-0.15, -0.1) is 0 Å². The molecule has 0 radical (unpaired) electrons. The largest absolute Gasteiger partial charge is 0.497 e. The van der Waals surface area contributed by atoms with Crippen LogP contribution in [0.5, 0.6) is 5.75 Å². The van der Waals surface area contributed by atoms with Gasteiger partial charge in [0.2, 0.25) is 0 Å². The number of methoxy groups -OCH3 is 1. The Morgan fingerprint density at radius 1 is 1.25 bits per heavy atom. The fraction of sp³-hybridized carbons (Fsp3) is 0.522. The number of benzene rings is 1. The molecule has 1 aromatic rings. The fourth-order valence-corrected chi connectivity index (χ4v) is 4.25. The number of allylic oxidation sites excluding steroid dienone is 2. The Bertz CT molecular complexity index is 863. The smallest absolute Gasteiger partial charge is 0.315 e. The highest BCUT2D eigenvalue weighted by Crippen LogP contribution is 2.48. The van der Waals surface area contributed by atoms with Crippen LogP contribution in [-0.4, -0.2) is 30.7 Å². The van der Waals surface area contributed by atoms with Crippen molar-refractivity contribution in [2.45, 2.75) is 59.5 Å². The molecule has 0 saturated heterocycles. The van der Waals surface area contributed by atoms with Crippen molar-refractivity contribution < 1.29 is 19.1 Å². The van der Waals surface area contributed by atoms with Crippen molar-refractivity contribution in [2.75, 3.05) is 7.11 Å². The van der Waals surface area contributed by atoms with Gasteiger partial charge in [0.25, 0.3) is 0 Å². The summed E-state index contributed by atoms with van der Waals surface area (Å²) in [5.74, 6) is -0.596. The van der Waals surface area contributed by atoms with Crippen molar-refractivity contribution in [1.29, 1.82) is 0 Å². The number of ether oxygens (including phenoxy) is 2. The van der Waals surface area contributed by atoms with Crippen molar-refractivity contribution in [3.63, 3.8) is 0 Å². The molecule has 0 N–H and O–H groups in total. The van der Waals surface area contributed by atoms with Crippen LogP contribution in [0.1, 0.15) is 58.9 Å². The van der Waals surface area contributed by atoms with E-state index in [1.54, 1.807) is 7.11 Å². The first-order valence-electron chi connectivity index (χ1n) is 9.79. The lowest BCUT2D eigenvalue weighted by atomic mass is 9.67. The zero-order chi connectivity index (χ0) is 20.6. The van der Waals surface area contributed by atoms with Crippen molar-refractivity contribution >= 4 is 17.5 Å². The number of Topliss-reactive ketones (excluding diaryl/α,β-unsaturated/α-hetero) is 1. The highest BCUT2D eigenvalue weighted by Gasteiger charge is 2.46. The van der Waals surface area contributed by atoms with Gasteiger partial charge in [-0.3, -0.25) is 14.6 Å². The summed E-state index contributed by atoms with van der Waals surface area (Å²) >= 11 is 0. The Morgan fingerprint density at radius 2 is 1.96 bits per heavy atom. The van der Waals surface area contributed by atoms with Gasteiger partial charge in [-0.2, -0.15) is 0 Å². The predicted molar refractivity (Wildman–Crippen MR) is 109 cm³/mol. The molecule has 1 heterocycles. The predicted octanol–water partition coefficient (Wildman–Crippen LogP) is 4.46. The summed E-state index contributed by atoms with van der Waals surface area (Å²) in [6, 6.07) is 7.59. The van der Waals surface area contributed by atoms with E-state index in [2.05, 4.69) is 13.8 Å². The van der Waals surface area contributed by atoms with E-state index in [4.69, 9.17) is 14.5 Å². The molecule has 0 spiro atoms. The molecule has 28 heavy (non-hydrogen) atoms. The molecule has 1 aromatic carbocycles. The number of hydrogen-bond acceptors (Lipinski definition) is 5. The number of rotatable bonds is 4. The van der Waals surface area contributed by atoms with Crippen LogP contribution in [0.3, 0.4) is 0 Å². The van der Waals surface area contributed by atoms with E-state index in [9.17, 15) is 9.59 Å². The summed E-state index contributed by atoms with van der Waals surface area (Å²) in [6.45, 7) is 9.67. The Hall–Kier alpha value is -2.43. The summed E-state index contributed by atoms with van der Waals surface area (Å²) in [4.78, 5) is 30.9. The minimum atomic E-state index is -0.613. The lowest BCUT2D eigenvalue weighted by molar-refractivity contribution is -0.150. The number of esters is 1. The monoisotopic (exact) mass is 383 g/mol. The second-order valence-electron chi connectivity index (χ2n) is 8.77. The van der Waals surface area contributed by atoms with E-state index in [-0.39, 0.29) is 23.3 Å². The van der Waals surface area contributed by atoms with Crippen molar-refractivity contribution in [3.8, 4) is 5.75 Å². The van der Waals surface area contributed by atoms with Gasteiger partial charge in [0, 0.05) is 29.3 Å². The Morgan fingerprint density at radius 3 is 2.61 bits per heavy atom. The Balaban J connectivity index is 2.17. The van der Waals surface area contributed by atoms with Gasteiger partial charge in [0.15, 0.2) is 5.78 Å². The van der Waals surface area contributed by atoms with Crippen molar-refractivity contribution in [3.05, 3.63) is 41.1 Å². The van der Waals surface area contributed by atoms with Gasteiger partial charge in [0.05, 0.1) is 13.2 Å². The van der Waals surface area contributed by atoms with Crippen LogP contribution < -0.4 is 4.74 Å². The van der Waals surface area contributed by atoms with Crippen LogP contribution in [0.25, 0.3) is 0 Å². The molecule has 5 nitrogen and oxygen atoms in total. The van der Waals surface area contributed by atoms with Crippen LogP contribution >= 0.6 is 0 Å². The first-order chi connectivity index (χ1) is 13.1. The van der Waals surface area contributed by atoms with Gasteiger partial charge in [0.1, 0.15) is 11.7 Å². The standard InChI is InChI=1S/C23H29NO4/c1-13(2)28-22(26)19-14(3)24-17-11-23(4,5)12-18(25)21(17)20(19)15-8-7-9-16(10-15)27-6/h7-10,13,19-20H,11-12H2,1-6H3/t19?,20-/m0/s1. The number of carbonyl (C=O) groups excluding carboxylic acids is 2. The van der Waals surface area contributed by atoms with Gasteiger partial charge in [-0.25, -0.2) is 0 Å². The molecule has 0 aromatic heterocycles. The lowest BCUT2D eigenvalue weighted by Gasteiger charge is -2.39. The lowest BCUT2D eigenvalue weighted by Crippen LogP contribution is -2.40. The third kappa shape index (κ3) is 3.89. The van der Waals surface area contributed by atoms with E-state index in [1.165, 1.54) is 0 Å². The molecule has 2 aliphatic rings. The molecule has 1 aliphatic carbocycles. The molecular weight excluding hydrogens is 354 g/mol. The minimum Gasteiger partial charge on any atom is -0.497 e.